The number of nitrogens with one attached hydrogen (secondary N) is 1. The highest BCUT2D eigenvalue weighted by Gasteiger charge is 2.80. The molecule has 3 aromatic rings. The number of aliphatic hydroxyl groups excluding tert-OH is 3. The van der Waals surface area contributed by atoms with Crippen LogP contribution in [0, 0.1) is 22.2 Å². The summed E-state index contributed by atoms with van der Waals surface area (Å²) in [5, 5.41) is 53.1. The van der Waals surface area contributed by atoms with Gasteiger partial charge < -0.3 is 49.4 Å². The molecule has 3 aliphatic carbocycles. The number of amides is 1. The maximum Gasteiger partial charge on any atom is 0.338 e. The largest absolute Gasteiger partial charge is 0.458 e. The molecule has 7 rings (SSSR count). The van der Waals surface area contributed by atoms with E-state index in [1.807, 2.05) is 0 Å². The van der Waals surface area contributed by atoms with Crippen LogP contribution in [0.5, 0.6) is 0 Å². The van der Waals surface area contributed by atoms with Crippen molar-refractivity contribution in [2.75, 3.05) is 6.61 Å². The Bertz CT molecular complexity index is 2330. The Morgan fingerprint density at radius 3 is 1.91 bits per heavy atom. The molecule has 1 amide bonds. The summed E-state index contributed by atoms with van der Waals surface area (Å²) in [6.07, 6.45) is -11.3. The molecule has 1 aliphatic heterocycles. The van der Waals surface area contributed by atoms with Crippen LogP contribution < -0.4 is 5.32 Å². The first kappa shape index (κ1) is 47.5. The fraction of sp³-hybridized carbons (Fsp3) is 0.500. The van der Waals surface area contributed by atoms with Crippen LogP contribution in [-0.4, -0.2) is 111 Å². The number of carbonyl (C=O) groups excluding carboxylic acids is 5. The highest BCUT2D eigenvalue weighted by atomic mass is 16.6. The number of ether oxygens (including phenoxy) is 5. The summed E-state index contributed by atoms with van der Waals surface area (Å²) in [6, 6.07) is 23.3. The first-order valence-corrected chi connectivity index (χ1v) is 21.9. The molecule has 15 heteroatoms. The fourth-order valence-corrected chi connectivity index (χ4v) is 11.8. The molecule has 15 nitrogen and oxygen atoms in total. The van der Waals surface area contributed by atoms with Gasteiger partial charge in [-0.15, -0.1) is 0 Å². The Kier molecular flexibility index (Phi) is 12.7. The summed E-state index contributed by atoms with van der Waals surface area (Å²) in [7, 11) is 0. The lowest BCUT2D eigenvalue weighted by molar-refractivity contribution is -0.368. The van der Waals surface area contributed by atoms with Gasteiger partial charge in [-0.3, -0.25) is 14.4 Å². The van der Waals surface area contributed by atoms with Crippen LogP contribution in [0.2, 0.25) is 0 Å². The van der Waals surface area contributed by atoms with E-state index in [2.05, 4.69) is 5.32 Å². The molecule has 3 aromatic carbocycles. The molecular weight excluding hydrogens is 839 g/mol. The minimum absolute atomic E-state index is 0.121. The summed E-state index contributed by atoms with van der Waals surface area (Å²) in [5.74, 6) is -5.55. The van der Waals surface area contributed by atoms with E-state index < -0.39 is 112 Å². The molecular formula is C50H59NO14. The highest BCUT2D eigenvalue weighted by molar-refractivity contribution is 5.95. The third kappa shape index (κ3) is 7.84. The van der Waals surface area contributed by atoms with Crippen molar-refractivity contribution in [2.24, 2.45) is 22.2 Å². The molecule has 348 valence electrons. The number of carbonyl (C=O) groups is 5. The van der Waals surface area contributed by atoms with Gasteiger partial charge in [0, 0.05) is 48.5 Å². The number of hydrogen-bond acceptors (Lipinski definition) is 14. The number of aliphatic hydroxyl groups is 4. The van der Waals surface area contributed by atoms with E-state index in [1.165, 1.54) is 32.9 Å². The number of hydrogen-bond donors (Lipinski definition) is 5. The second-order valence-corrected chi connectivity index (χ2v) is 19.2. The van der Waals surface area contributed by atoms with Gasteiger partial charge in [-0.25, -0.2) is 9.59 Å². The first-order valence-electron chi connectivity index (χ1n) is 21.9. The Morgan fingerprint density at radius 1 is 0.815 bits per heavy atom. The molecule has 0 unspecified atom stereocenters. The minimum atomic E-state index is -2.01. The maximum atomic E-state index is 14.6. The van der Waals surface area contributed by atoms with E-state index >= 15 is 0 Å². The lowest BCUT2D eigenvalue weighted by atomic mass is 9.38. The van der Waals surface area contributed by atoms with Crippen molar-refractivity contribution in [3.63, 3.8) is 0 Å². The van der Waals surface area contributed by atoms with Gasteiger partial charge in [-0.05, 0) is 61.7 Å². The van der Waals surface area contributed by atoms with Gasteiger partial charge in [0.1, 0.15) is 24.4 Å². The number of benzene rings is 3. The minimum Gasteiger partial charge on any atom is -0.458 e. The highest BCUT2D eigenvalue weighted by Crippen LogP contribution is 2.70. The first-order chi connectivity index (χ1) is 30.5. The number of fused-ring (bicyclic) bond motifs is 5. The lowest BCUT2D eigenvalue weighted by Crippen LogP contribution is -2.82. The summed E-state index contributed by atoms with van der Waals surface area (Å²) in [5.41, 5.74) is -7.57. The monoisotopic (exact) mass is 897 g/mol. The van der Waals surface area contributed by atoms with Gasteiger partial charge in [-0.2, -0.15) is 0 Å². The molecule has 3 fully saturated rings. The van der Waals surface area contributed by atoms with E-state index in [-0.39, 0.29) is 41.7 Å². The third-order valence-electron chi connectivity index (χ3n) is 14.9. The standard InChI is InChI=1S/C50H59NO14/c1-27-33(63-45(59)38(55)37(30-18-12-9-13-19-30)51-43(57)31-20-14-10-15-21-31)25-50(47(6,7)60)42(64-44(58)32-22-16-11-17-23-32)40-48(8,34(54)24-35-49(40,26-61-35)65-29(3)53)41(56)39(62-28(2)52)36(27)46(50,4)5/h9-23,33-35,37-42,54-56,60H,24-26H2,1-8H3,(H,51,57)/t33-,34-,35+,37-,38+,39-,40-,41-,42-,48+,49-,50+/m0/s1. The molecule has 1 saturated heterocycles. The van der Waals surface area contributed by atoms with Crippen molar-refractivity contribution in [2.45, 2.75) is 128 Å². The van der Waals surface area contributed by atoms with Crippen LogP contribution in [-0.2, 0) is 38.1 Å². The molecule has 0 spiro atoms. The Labute approximate surface area is 378 Å². The van der Waals surface area contributed by atoms with E-state index in [0.717, 1.165) is 6.92 Å². The summed E-state index contributed by atoms with van der Waals surface area (Å²) in [4.78, 5) is 69.2. The van der Waals surface area contributed by atoms with Crippen LogP contribution in [0.15, 0.2) is 102 Å². The summed E-state index contributed by atoms with van der Waals surface area (Å²) >= 11 is 0. The van der Waals surface area contributed by atoms with E-state index in [0.29, 0.717) is 5.56 Å². The van der Waals surface area contributed by atoms with Gasteiger partial charge in [-0.1, -0.05) is 87.5 Å². The molecule has 4 aliphatic rings. The predicted molar refractivity (Wildman–Crippen MR) is 232 cm³/mol. The molecule has 0 aromatic heterocycles. The molecule has 5 N–H and O–H groups in total. The average Bonchev–Trinajstić information content (AvgIpc) is 3.25. The second-order valence-electron chi connectivity index (χ2n) is 19.2. The summed E-state index contributed by atoms with van der Waals surface area (Å²) < 4.78 is 31.4. The lowest BCUT2D eigenvalue weighted by Gasteiger charge is -2.71. The zero-order chi connectivity index (χ0) is 47.4. The van der Waals surface area contributed by atoms with Crippen molar-refractivity contribution in [3.8, 4) is 0 Å². The van der Waals surface area contributed by atoms with Crippen LogP contribution >= 0.6 is 0 Å². The van der Waals surface area contributed by atoms with Crippen LogP contribution in [0.3, 0.4) is 0 Å². The van der Waals surface area contributed by atoms with Crippen molar-refractivity contribution in [3.05, 3.63) is 119 Å². The van der Waals surface area contributed by atoms with Gasteiger partial charge in [0.2, 0.25) is 0 Å². The zero-order valence-electron chi connectivity index (χ0n) is 37.8. The van der Waals surface area contributed by atoms with Crippen LogP contribution in [0.1, 0.15) is 101 Å². The van der Waals surface area contributed by atoms with Gasteiger partial charge in [0.25, 0.3) is 5.91 Å². The van der Waals surface area contributed by atoms with Crippen molar-refractivity contribution >= 4 is 29.8 Å². The topological polar surface area (TPSA) is 224 Å². The Morgan fingerprint density at radius 2 is 1.38 bits per heavy atom. The normalized spacial score (nSPS) is 32.3. The second kappa shape index (κ2) is 17.4. The molecule has 12 atom stereocenters. The smallest absolute Gasteiger partial charge is 0.338 e. The van der Waals surface area contributed by atoms with Gasteiger partial charge >= 0.3 is 23.9 Å². The van der Waals surface area contributed by atoms with Gasteiger partial charge in [0.05, 0.1) is 35.8 Å². The predicted octanol–water partition coefficient (Wildman–Crippen LogP) is 4.55. The average molecular weight is 898 g/mol. The SMILES string of the molecule is CC(=O)O[C@H]1C2=C(C)[C@@H](OC(=O)[C@H](O)[C@@H](NC(=O)c3ccccc3)c3ccccc3)C[C@@](C(C)(C)O)([C@@H](OC(=O)c3ccccc3)[C@@H]3[C@]4(OC(C)=O)CO[C@@H]4C[C@H](O)[C@@]3(C)[C@H]1O)C2(C)C. The Balaban J connectivity index is 1.45. The molecule has 0 radical (unpaired) electrons. The van der Waals surface area contributed by atoms with E-state index in [9.17, 15) is 44.4 Å². The maximum absolute atomic E-state index is 14.6. The molecule has 65 heavy (non-hydrogen) atoms. The number of rotatable bonds is 11. The van der Waals surface area contributed by atoms with Crippen molar-refractivity contribution in [1.29, 1.82) is 0 Å². The molecule has 2 saturated carbocycles. The van der Waals surface area contributed by atoms with Crippen molar-refractivity contribution in [1.82, 2.24) is 5.32 Å². The Hall–Kier alpha value is -5.45. The zero-order valence-corrected chi connectivity index (χ0v) is 37.8. The van der Waals surface area contributed by atoms with Gasteiger partial charge in [0.15, 0.2) is 17.8 Å². The number of esters is 4. The quantitative estimate of drug-likeness (QED) is 0.101. The van der Waals surface area contributed by atoms with E-state index in [1.54, 1.807) is 107 Å². The fourth-order valence-electron chi connectivity index (χ4n) is 11.8. The molecule has 2 bridgehead atoms. The molecule has 1 heterocycles. The van der Waals surface area contributed by atoms with Crippen molar-refractivity contribution < 1.29 is 68.1 Å². The van der Waals surface area contributed by atoms with E-state index in [4.69, 9.17) is 23.7 Å². The van der Waals surface area contributed by atoms with Crippen LogP contribution in [0.25, 0.3) is 0 Å². The third-order valence-corrected chi connectivity index (χ3v) is 14.9. The summed E-state index contributed by atoms with van der Waals surface area (Å²) in [6.45, 7) is 11.7. The van der Waals surface area contributed by atoms with Crippen LogP contribution in [0.4, 0.5) is 0 Å².